The molecule has 2 N–H and O–H groups in total. The molecule has 0 saturated heterocycles. The molecule has 172 valence electrons. The molecule has 0 aliphatic rings. The van der Waals surface area contributed by atoms with Gasteiger partial charge in [-0.2, -0.15) is 0 Å². The van der Waals surface area contributed by atoms with Gasteiger partial charge in [-0.1, -0.05) is 18.2 Å². The van der Waals surface area contributed by atoms with Crippen molar-refractivity contribution in [3.63, 3.8) is 0 Å². The van der Waals surface area contributed by atoms with Gasteiger partial charge < -0.3 is 29.6 Å². The monoisotopic (exact) mass is 543 g/mol. The van der Waals surface area contributed by atoms with E-state index in [9.17, 15) is 0 Å². The summed E-state index contributed by atoms with van der Waals surface area (Å²) in [6, 6.07) is 13.9. The fraction of sp³-hybridized carbons (Fsp3) is 0.435. The van der Waals surface area contributed by atoms with Crippen LogP contribution in [0.4, 0.5) is 0 Å². The number of methoxy groups -OCH3 is 3. The van der Waals surface area contributed by atoms with Gasteiger partial charge in [0.2, 0.25) is 0 Å². The van der Waals surface area contributed by atoms with E-state index in [1.165, 1.54) is 5.56 Å². The molecular weight excluding hydrogens is 509 g/mol. The van der Waals surface area contributed by atoms with Crippen LogP contribution in [0, 0.1) is 0 Å². The van der Waals surface area contributed by atoms with Crippen molar-refractivity contribution < 1.29 is 18.9 Å². The zero-order valence-corrected chi connectivity index (χ0v) is 21.1. The van der Waals surface area contributed by atoms with E-state index in [1.54, 1.807) is 21.3 Å². The third kappa shape index (κ3) is 9.65. The second-order valence-electron chi connectivity index (χ2n) is 6.55. The van der Waals surface area contributed by atoms with Crippen LogP contribution in [0.25, 0.3) is 0 Å². The Bertz CT molecular complexity index is 785. The number of hydrogen-bond acceptors (Lipinski definition) is 5. The second kappa shape index (κ2) is 15.6. The summed E-state index contributed by atoms with van der Waals surface area (Å²) in [4.78, 5) is 4.67. The van der Waals surface area contributed by atoms with Gasteiger partial charge in [-0.3, -0.25) is 0 Å². The SMILES string of the molecule is CCNC(=NCc1ccc(OCCOC)cc1)NCCc1ccc(OC)c(OC)c1.I. The molecule has 31 heavy (non-hydrogen) atoms. The highest BCUT2D eigenvalue weighted by atomic mass is 127. The van der Waals surface area contributed by atoms with Gasteiger partial charge >= 0.3 is 0 Å². The van der Waals surface area contributed by atoms with Gasteiger partial charge in [-0.05, 0) is 48.7 Å². The fourth-order valence-corrected chi connectivity index (χ4v) is 2.81. The van der Waals surface area contributed by atoms with E-state index >= 15 is 0 Å². The number of ether oxygens (including phenoxy) is 4. The lowest BCUT2D eigenvalue weighted by Crippen LogP contribution is -2.38. The van der Waals surface area contributed by atoms with Gasteiger partial charge in [0.15, 0.2) is 17.5 Å². The average molecular weight is 543 g/mol. The minimum absolute atomic E-state index is 0. The van der Waals surface area contributed by atoms with Gasteiger partial charge in [-0.25, -0.2) is 4.99 Å². The molecule has 0 aromatic heterocycles. The maximum atomic E-state index is 5.59. The standard InChI is InChI=1S/C23H33N3O4.HI/c1-5-24-23(25-13-12-18-8-11-21(28-3)22(16-18)29-4)26-17-19-6-9-20(10-7-19)30-15-14-27-2;/h6-11,16H,5,12-15,17H2,1-4H3,(H2,24,25,26);1H. The molecule has 0 atom stereocenters. The van der Waals surface area contributed by atoms with E-state index in [0.29, 0.717) is 19.8 Å². The third-order valence-corrected chi connectivity index (χ3v) is 4.40. The largest absolute Gasteiger partial charge is 0.493 e. The molecular formula is C23H34IN3O4. The molecule has 2 aromatic rings. The van der Waals surface area contributed by atoms with Crippen molar-refractivity contribution in [3.05, 3.63) is 53.6 Å². The Hall–Kier alpha value is -2.20. The Morgan fingerprint density at radius 2 is 1.58 bits per heavy atom. The molecule has 0 amide bonds. The van der Waals surface area contributed by atoms with Gasteiger partial charge in [0.05, 0.1) is 27.4 Å². The van der Waals surface area contributed by atoms with Crippen LogP contribution in [0.2, 0.25) is 0 Å². The summed E-state index contributed by atoms with van der Waals surface area (Å²) in [5, 5.41) is 6.66. The van der Waals surface area contributed by atoms with E-state index in [-0.39, 0.29) is 24.0 Å². The van der Waals surface area contributed by atoms with Crippen molar-refractivity contribution in [3.8, 4) is 17.2 Å². The number of nitrogens with zero attached hydrogens (tertiary/aromatic N) is 1. The average Bonchev–Trinajstić information content (AvgIpc) is 2.78. The first-order chi connectivity index (χ1) is 14.7. The van der Waals surface area contributed by atoms with Crippen molar-refractivity contribution >= 4 is 29.9 Å². The molecule has 0 fully saturated rings. The number of nitrogens with one attached hydrogen (secondary N) is 2. The molecule has 0 saturated carbocycles. The van der Waals surface area contributed by atoms with Crippen LogP contribution >= 0.6 is 24.0 Å². The molecule has 8 heteroatoms. The molecule has 0 unspecified atom stereocenters. The summed E-state index contributed by atoms with van der Waals surface area (Å²) >= 11 is 0. The smallest absolute Gasteiger partial charge is 0.191 e. The molecule has 0 radical (unpaired) electrons. The fourth-order valence-electron chi connectivity index (χ4n) is 2.81. The van der Waals surface area contributed by atoms with E-state index in [0.717, 1.165) is 48.3 Å². The van der Waals surface area contributed by atoms with Gasteiger partial charge in [-0.15, -0.1) is 24.0 Å². The van der Waals surface area contributed by atoms with Crippen molar-refractivity contribution in [1.82, 2.24) is 10.6 Å². The van der Waals surface area contributed by atoms with E-state index < -0.39 is 0 Å². The van der Waals surface area contributed by atoms with Gasteiger partial charge in [0.1, 0.15) is 12.4 Å². The van der Waals surface area contributed by atoms with Gasteiger partial charge in [0, 0.05) is 20.2 Å². The first-order valence-corrected chi connectivity index (χ1v) is 10.1. The summed E-state index contributed by atoms with van der Waals surface area (Å²) < 4.78 is 21.2. The topological polar surface area (TPSA) is 73.3 Å². The highest BCUT2D eigenvalue weighted by molar-refractivity contribution is 14.0. The summed E-state index contributed by atoms with van der Waals surface area (Å²) in [5.41, 5.74) is 2.28. The maximum absolute atomic E-state index is 5.59. The van der Waals surface area contributed by atoms with Crippen LogP contribution < -0.4 is 24.8 Å². The van der Waals surface area contributed by atoms with Crippen LogP contribution in [-0.2, 0) is 17.7 Å². The van der Waals surface area contributed by atoms with Crippen LogP contribution in [0.5, 0.6) is 17.2 Å². The Labute approximate surface area is 202 Å². The Kier molecular flexibility index (Phi) is 13.5. The quantitative estimate of drug-likeness (QED) is 0.184. The number of halogens is 1. The molecule has 2 aromatic carbocycles. The Morgan fingerprint density at radius 1 is 0.871 bits per heavy atom. The van der Waals surface area contributed by atoms with Crippen molar-refractivity contribution in [2.45, 2.75) is 19.9 Å². The summed E-state index contributed by atoms with van der Waals surface area (Å²) in [6.07, 6.45) is 0.846. The van der Waals surface area contributed by atoms with Crippen LogP contribution in [0.3, 0.4) is 0 Å². The predicted octanol–water partition coefficient (Wildman–Crippen LogP) is 3.64. The summed E-state index contributed by atoms with van der Waals surface area (Å²) in [5.74, 6) is 3.10. The highest BCUT2D eigenvalue weighted by Gasteiger charge is 2.05. The third-order valence-electron chi connectivity index (χ3n) is 4.40. The lowest BCUT2D eigenvalue weighted by atomic mass is 10.1. The molecule has 0 aliphatic heterocycles. The van der Waals surface area contributed by atoms with Crippen LogP contribution in [-0.4, -0.2) is 53.6 Å². The maximum Gasteiger partial charge on any atom is 0.191 e. The van der Waals surface area contributed by atoms with Crippen molar-refractivity contribution in [2.75, 3.05) is 47.6 Å². The number of rotatable bonds is 12. The lowest BCUT2D eigenvalue weighted by molar-refractivity contribution is 0.146. The molecule has 0 spiro atoms. The van der Waals surface area contributed by atoms with Crippen LogP contribution in [0.15, 0.2) is 47.5 Å². The predicted molar refractivity (Wildman–Crippen MR) is 135 cm³/mol. The lowest BCUT2D eigenvalue weighted by Gasteiger charge is -2.13. The molecule has 0 bridgehead atoms. The van der Waals surface area contributed by atoms with E-state index in [4.69, 9.17) is 18.9 Å². The minimum atomic E-state index is 0. The molecule has 0 heterocycles. The minimum Gasteiger partial charge on any atom is -0.493 e. The number of aliphatic imine (C=N–C) groups is 1. The Morgan fingerprint density at radius 3 is 2.23 bits per heavy atom. The first kappa shape index (κ1) is 26.8. The number of benzene rings is 2. The zero-order valence-electron chi connectivity index (χ0n) is 18.8. The Balaban J connectivity index is 0.00000480. The van der Waals surface area contributed by atoms with E-state index in [2.05, 4.69) is 22.5 Å². The van der Waals surface area contributed by atoms with Crippen molar-refractivity contribution in [2.24, 2.45) is 4.99 Å². The zero-order chi connectivity index (χ0) is 21.6. The molecule has 0 aliphatic carbocycles. The molecule has 2 rings (SSSR count). The second-order valence-corrected chi connectivity index (χ2v) is 6.55. The normalized spacial score (nSPS) is 10.8. The first-order valence-electron chi connectivity index (χ1n) is 10.1. The van der Waals surface area contributed by atoms with Crippen molar-refractivity contribution in [1.29, 1.82) is 0 Å². The number of guanidine groups is 1. The highest BCUT2D eigenvalue weighted by Crippen LogP contribution is 2.27. The summed E-state index contributed by atoms with van der Waals surface area (Å²) in [7, 11) is 4.95. The number of hydrogen-bond donors (Lipinski definition) is 2. The molecule has 7 nitrogen and oxygen atoms in total. The van der Waals surface area contributed by atoms with Crippen LogP contribution in [0.1, 0.15) is 18.1 Å². The summed E-state index contributed by atoms with van der Waals surface area (Å²) in [6.45, 7) is 5.32. The van der Waals surface area contributed by atoms with E-state index in [1.807, 2.05) is 42.5 Å². The van der Waals surface area contributed by atoms with Gasteiger partial charge in [0.25, 0.3) is 0 Å².